The minimum Gasteiger partial charge on any atom is -0.379 e. The fourth-order valence-corrected chi connectivity index (χ4v) is 4.66. The molecular weight excluding hydrogens is 305 g/mol. The molecule has 0 aromatic rings. The van der Waals surface area contributed by atoms with E-state index in [-0.39, 0.29) is 5.41 Å². The SMILES string of the molecule is FC(F)(F)[C@@H]1CCC[C@@]2(CCN(CCCN3CCOCC3)C2)C1. The van der Waals surface area contributed by atoms with Gasteiger partial charge in [0, 0.05) is 19.6 Å². The standard InChI is InChI=1S/C17H29F3N2O/c18-17(19,20)15-3-1-4-16(13-15)5-8-22(14-16)7-2-6-21-9-11-23-12-10-21/h15H,1-14H2/t15-,16-/m1/s1. The van der Waals surface area contributed by atoms with Crippen molar-refractivity contribution in [3.05, 3.63) is 0 Å². The highest BCUT2D eigenvalue weighted by Gasteiger charge is 2.49. The van der Waals surface area contributed by atoms with Crippen LogP contribution in [0.25, 0.3) is 0 Å². The topological polar surface area (TPSA) is 15.7 Å². The van der Waals surface area contributed by atoms with E-state index < -0.39 is 12.1 Å². The van der Waals surface area contributed by atoms with Crippen molar-refractivity contribution in [2.24, 2.45) is 11.3 Å². The van der Waals surface area contributed by atoms with E-state index in [0.717, 1.165) is 78.2 Å². The van der Waals surface area contributed by atoms with Crippen LogP contribution in [0.1, 0.15) is 38.5 Å². The number of morpholine rings is 1. The molecule has 2 saturated heterocycles. The van der Waals surface area contributed by atoms with Crippen molar-refractivity contribution >= 4 is 0 Å². The van der Waals surface area contributed by atoms with Crippen molar-refractivity contribution in [3.8, 4) is 0 Å². The highest BCUT2D eigenvalue weighted by molar-refractivity contribution is 4.95. The molecule has 3 aliphatic rings. The van der Waals surface area contributed by atoms with Gasteiger partial charge in [0.25, 0.3) is 0 Å². The Bertz CT molecular complexity index is 385. The predicted octanol–water partition coefficient (Wildman–Crippen LogP) is 3.15. The Morgan fingerprint density at radius 1 is 1.00 bits per heavy atom. The number of likely N-dealkylation sites (tertiary alicyclic amines) is 1. The van der Waals surface area contributed by atoms with Gasteiger partial charge in [0.2, 0.25) is 0 Å². The van der Waals surface area contributed by atoms with E-state index in [2.05, 4.69) is 9.80 Å². The maximum Gasteiger partial charge on any atom is 0.391 e. The third kappa shape index (κ3) is 4.60. The minimum absolute atomic E-state index is 0.0581. The maximum atomic E-state index is 13.1. The minimum atomic E-state index is -4.00. The van der Waals surface area contributed by atoms with E-state index in [1.165, 1.54) is 0 Å². The van der Waals surface area contributed by atoms with Crippen molar-refractivity contribution < 1.29 is 17.9 Å². The molecule has 1 aliphatic carbocycles. The van der Waals surface area contributed by atoms with Gasteiger partial charge in [0.05, 0.1) is 19.1 Å². The summed E-state index contributed by atoms with van der Waals surface area (Å²) < 4.78 is 44.5. The molecule has 2 atom stereocenters. The van der Waals surface area contributed by atoms with Crippen LogP contribution in [-0.4, -0.2) is 68.5 Å². The van der Waals surface area contributed by atoms with E-state index in [1.54, 1.807) is 0 Å². The highest BCUT2D eigenvalue weighted by atomic mass is 19.4. The summed E-state index contributed by atoms with van der Waals surface area (Å²) in [6.07, 6.45) is 0.483. The van der Waals surface area contributed by atoms with Crippen LogP contribution in [0, 0.1) is 11.3 Å². The predicted molar refractivity (Wildman–Crippen MR) is 83.4 cm³/mol. The molecule has 2 heterocycles. The van der Waals surface area contributed by atoms with E-state index in [4.69, 9.17) is 4.74 Å². The summed E-state index contributed by atoms with van der Waals surface area (Å²) in [6, 6.07) is 0. The first-order valence-corrected chi connectivity index (χ1v) is 9.06. The fraction of sp³-hybridized carbons (Fsp3) is 1.00. The molecule has 0 amide bonds. The smallest absolute Gasteiger partial charge is 0.379 e. The molecule has 0 N–H and O–H groups in total. The Morgan fingerprint density at radius 3 is 2.48 bits per heavy atom. The van der Waals surface area contributed by atoms with Gasteiger partial charge in [-0.1, -0.05) is 6.42 Å². The van der Waals surface area contributed by atoms with Gasteiger partial charge in [-0.05, 0) is 57.2 Å². The molecular formula is C17H29F3N2O. The Hall–Kier alpha value is -0.330. The van der Waals surface area contributed by atoms with E-state index in [1.807, 2.05) is 0 Å². The van der Waals surface area contributed by atoms with Crippen LogP contribution in [-0.2, 0) is 4.74 Å². The van der Waals surface area contributed by atoms with Gasteiger partial charge < -0.3 is 9.64 Å². The van der Waals surface area contributed by atoms with Gasteiger partial charge >= 0.3 is 6.18 Å². The van der Waals surface area contributed by atoms with Crippen LogP contribution in [0.2, 0.25) is 0 Å². The zero-order chi connectivity index (χ0) is 16.3. The number of hydrogen-bond donors (Lipinski definition) is 0. The summed E-state index contributed by atoms with van der Waals surface area (Å²) in [5, 5.41) is 0. The van der Waals surface area contributed by atoms with E-state index in [9.17, 15) is 13.2 Å². The average Bonchev–Trinajstić information content (AvgIpc) is 2.90. The fourth-order valence-electron chi connectivity index (χ4n) is 4.66. The molecule has 6 heteroatoms. The monoisotopic (exact) mass is 334 g/mol. The third-order valence-corrected chi connectivity index (χ3v) is 5.97. The lowest BCUT2D eigenvalue weighted by Gasteiger charge is -2.39. The molecule has 0 radical (unpaired) electrons. The van der Waals surface area contributed by atoms with E-state index >= 15 is 0 Å². The largest absolute Gasteiger partial charge is 0.391 e. The van der Waals surface area contributed by atoms with Gasteiger partial charge in [-0.2, -0.15) is 13.2 Å². The lowest BCUT2D eigenvalue weighted by molar-refractivity contribution is -0.191. The van der Waals surface area contributed by atoms with Crippen molar-refractivity contribution in [1.82, 2.24) is 9.80 Å². The number of ether oxygens (including phenoxy) is 1. The molecule has 3 nitrogen and oxygen atoms in total. The molecule has 0 aromatic heterocycles. The molecule has 134 valence electrons. The second kappa shape index (κ2) is 7.28. The maximum absolute atomic E-state index is 13.1. The number of hydrogen-bond acceptors (Lipinski definition) is 3. The average molecular weight is 334 g/mol. The molecule has 1 saturated carbocycles. The van der Waals surface area contributed by atoms with Crippen molar-refractivity contribution in [2.45, 2.75) is 44.7 Å². The van der Waals surface area contributed by atoms with Crippen molar-refractivity contribution in [3.63, 3.8) is 0 Å². The third-order valence-electron chi connectivity index (χ3n) is 5.97. The Morgan fingerprint density at radius 2 is 1.74 bits per heavy atom. The van der Waals surface area contributed by atoms with Gasteiger partial charge in [-0.25, -0.2) is 0 Å². The van der Waals surface area contributed by atoms with Gasteiger partial charge in [0.1, 0.15) is 0 Å². The molecule has 0 bridgehead atoms. The van der Waals surface area contributed by atoms with Gasteiger partial charge in [0.15, 0.2) is 0 Å². The first kappa shape index (κ1) is 17.5. The number of alkyl halides is 3. The van der Waals surface area contributed by atoms with Crippen LogP contribution >= 0.6 is 0 Å². The van der Waals surface area contributed by atoms with Crippen LogP contribution in [0.4, 0.5) is 13.2 Å². The molecule has 3 rings (SSSR count). The first-order valence-electron chi connectivity index (χ1n) is 9.06. The number of rotatable bonds is 4. The van der Waals surface area contributed by atoms with Gasteiger partial charge in [-0.3, -0.25) is 4.90 Å². The number of nitrogens with zero attached hydrogens (tertiary/aromatic N) is 2. The zero-order valence-corrected chi connectivity index (χ0v) is 13.9. The zero-order valence-electron chi connectivity index (χ0n) is 13.9. The van der Waals surface area contributed by atoms with Gasteiger partial charge in [-0.15, -0.1) is 0 Å². The quantitative estimate of drug-likeness (QED) is 0.785. The molecule has 3 fully saturated rings. The lowest BCUT2D eigenvalue weighted by Crippen LogP contribution is -2.39. The summed E-state index contributed by atoms with van der Waals surface area (Å²) in [6.45, 7) is 7.63. The second-order valence-electron chi connectivity index (χ2n) is 7.67. The molecule has 2 aliphatic heterocycles. The van der Waals surface area contributed by atoms with Crippen molar-refractivity contribution in [2.75, 3.05) is 52.5 Å². The van der Waals surface area contributed by atoms with Crippen LogP contribution in [0.5, 0.6) is 0 Å². The number of halogens is 3. The summed E-state index contributed by atoms with van der Waals surface area (Å²) in [4.78, 5) is 4.83. The molecule has 23 heavy (non-hydrogen) atoms. The van der Waals surface area contributed by atoms with Crippen LogP contribution in [0.15, 0.2) is 0 Å². The molecule has 0 aromatic carbocycles. The lowest BCUT2D eigenvalue weighted by atomic mass is 9.69. The summed E-state index contributed by atoms with van der Waals surface area (Å²) in [7, 11) is 0. The second-order valence-corrected chi connectivity index (χ2v) is 7.67. The Kier molecular flexibility index (Phi) is 5.53. The highest BCUT2D eigenvalue weighted by Crippen LogP contribution is 2.50. The Balaban J connectivity index is 1.42. The molecule has 1 spiro atoms. The molecule has 0 unspecified atom stereocenters. The van der Waals surface area contributed by atoms with Crippen molar-refractivity contribution in [1.29, 1.82) is 0 Å². The summed E-state index contributed by atoms with van der Waals surface area (Å²) in [5.74, 6) is -1.07. The Labute approximate surface area is 137 Å². The van der Waals surface area contributed by atoms with E-state index in [0.29, 0.717) is 12.8 Å². The summed E-state index contributed by atoms with van der Waals surface area (Å²) in [5.41, 5.74) is -0.0581. The summed E-state index contributed by atoms with van der Waals surface area (Å²) >= 11 is 0. The van der Waals surface area contributed by atoms with Crippen LogP contribution < -0.4 is 0 Å². The normalized spacial score (nSPS) is 34.3. The first-order chi connectivity index (χ1) is 11.0. The van der Waals surface area contributed by atoms with Crippen LogP contribution in [0.3, 0.4) is 0 Å².